The monoisotopic (exact) mass is 235 g/mol. The van der Waals surface area contributed by atoms with Crippen LogP contribution in [0.1, 0.15) is 23.6 Å². The molecule has 3 heteroatoms. The summed E-state index contributed by atoms with van der Waals surface area (Å²) in [6.07, 6.45) is 1.11. The number of aryl methyl sites for hydroxylation is 1. The summed E-state index contributed by atoms with van der Waals surface area (Å²) in [7, 11) is 3.73. The third-order valence-electron chi connectivity index (χ3n) is 3.47. The van der Waals surface area contributed by atoms with E-state index in [1.807, 2.05) is 7.05 Å². The molecule has 3 nitrogen and oxygen atoms in total. The Bertz CT molecular complexity index is 372. The predicted octanol–water partition coefficient (Wildman–Crippen LogP) is 2.30. The van der Waals surface area contributed by atoms with Gasteiger partial charge in [0.1, 0.15) is 5.75 Å². The maximum atomic E-state index is 5.49. The lowest BCUT2D eigenvalue weighted by Crippen LogP contribution is -2.26. The normalized spacial score (nSPS) is 21.5. The van der Waals surface area contributed by atoms with E-state index in [9.17, 15) is 0 Å². The Kier molecular flexibility index (Phi) is 4.02. The van der Waals surface area contributed by atoms with Gasteiger partial charge in [-0.15, -0.1) is 0 Å². The van der Waals surface area contributed by atoms with Crippen LogP contribution in [0.15, 0.2) is 18.2 Å². The van der Waals surface area contributed by atoms with Crippen molar-refractivity contribution in [1.82, 2.24) is 5.32 Å². The molecule has 2 atom stereocenters. The van der Waals surface area contributed by atoms with Crippen LogP contribution in [0, 0.1) is 12.8 Å². The second-order valence-corrected chi connectivity index (χ2v) is 4.64. The summed E-state index contributed by atoms with van der Waals surface area (Å²) in [4.78, 5) is 0. The highest BCUT2D eigenvalue weighted by Gasteiger charge is 2.27. The van der Waals surface area contributed by atoms with Crippen molar-refractivity contribution >= 4 is 0 Å². The van der Waals surface area contributed by atoms with E-state index in [0.29, 0.717) is 12.0 Å². The first-order chi connectivity index (χ1) is 8.26. The van der Waals surface area contributed by atoms with Crippen molar-refractivity contribution in [2.75, 3.05) is 27.4 Å². The zero-order valence-electron chi connectivity index (χ0n) is 10.8. The lowest BCUT2D eigenvalue weighted by Gasteiger charge is -2.24. The molecule has 1 aliphatic rings. The fourth-order valence-corrected chi connectivity index (χ4v) is 2.54. The number of ether oxygens (including phenoxy) is 2. The summed E-state index contributed by atoms with van der Waals surface area (Å²) in [6.45, 7) is 3.79. The van der Waals surface area contributed by atoms with Crippen molar-refractivity contribution in [2.45, 2.75) is 19.4 Å². The van der Waals surface area contributed by atoms with Gasteiger partial charge in [-0.25, -0.2) is 0 Å². The fraction of sp³-hybridized carbons (Fsp3) is 0.571. The van der Waals surface area contributed by atoms with Crippen LogP contribution in [0.25, 0.3) is 0 Å². The minimum atomic E-state index is 0.313. The molecule has 94 valence electrons. The van der Waals surface area contributed by atoms with Crippen LogP contribution in [0.3, 0.4) is 0 Å². The molecule has 0 radical (unpaired) electrons. The minimum absolute atomic E-state index is 0.313. The maximum Gasteiger partial charge on any atom is 0.123 e. The van der Waals surface area contributed by atoms with Crippen LogP contribution in [-0.4, -0.2) is 27.4 Å². The van der Waals surface area contributed by atoms with Gasteiger partial charge in [-0.1, -0.05) is 12.1 Å². The van der Waals surface area contributed by atoms with E-state index in [1.165, 1.54) is 11.1 Å². The zero-order valence-corrected chi connectivity index (χ0v) is 10.8. The van der Waals surface area contributed by atoms with E-state index in [4.69, 9.17) is 9.47 Å². The Morgan fingerprint density at radius 3 is 2.88 bits per heavy atom. The summed E-state index contributed by atoms with van der Waals surface area (Å²) >= 11 is 0. The van der Waals surface area contributed by atoms with Crippen LogP contribution in [0.2, 0.25) is 0 Å². The highest BCUT2D eigenvalue weighted by molar-refractivity contribution is 5.39. The number of hydrogen-bond acceptors (Lipinski definition) is 3. The molecule has 2 rings (SSSR count). The summed E-state index contributed by atoms with van der Waals surface area (Å²) in [5.41, 5.74) is 2.46. The highest BCUT2D eigenvalue weighted by Crippen LogP contribution is 2.34. The molecule has 1 aromatic rings. The van der Waals surface area contributed by atoms with E-state index >= 15 is 0 Å². The van der Waals surface area contributed by atoms with Crippen LogP contribution < -0.4 is 10.1 Å². The number of nitrogens with one attached hydrogen (secondary N) is 1. The van der Waals surface area contributed by atoms with Gasteiger partial charge >= 0.3 is 0 Å². The lowest BCUT2D eigenvalue weighted by molar-refractivity contribution is 0.177. The van der Waals surface area contributed by atoms with Crippen molar-refractivity contribution in [3.63, 3.8) is 0 Å². The molecule has 0 aromatic heterocycles. The number of hydrogen-bond donors (Lipinski definition) is 1. The first-order valence-electron chi connectivity index (χ1n) is 6.15. The summed E-state index contributed by atoms with van der Waals surface area (Å²) in [5, 5.41) is 3.39. The molecule has 1 aromatic carbocycles. The lowest BCUT2D eigenvalue weighted by atomic mass is 9.91. The van der Waals surface area contributed by atoms with Crippen LogP contribution in [0.5, 0.6) is 5.75 Å². The molecule has 1 aliphatic heterocycles. The zero-order chi connectivity index (χ0) is 12.3. The molecule has 1 fully saturated rings. The molecular weight excluding hydrogens is 214 g/mol. The van der Waals surface area contributed by atoms with Gasteiger partial charge < -0.3 is 14.8 Å². The van der Waals surface area contributed by atoms with Gasteiger partial charge in [0, 0.05) is 24.1 Å². The van der Waals surface area contributed by atoms with Crippen molar-refractivity contribution in [3.05, 3.63) is 29.3 Å². The van der Waals surface area contributed by atoms with Crippen LogP contribution in [-0.2, 0) is 4.74 Å². The molecule has 0 spiro atoms. The molecule has 0 saturated carbocycles. The van der Waals surface area contributed by atoms with Gasteiger partial charge in [0.05, 0.1) is 13.7 Å². The van der Waals surface area contributed by atoms with E-state index in [1.54, 1.807) is 7.11 Å². The Morgan fingerprint density at radius 1 is 1.47 bits per heavy atom. The second kappa shape index (κ2) is 5.52. The summed E-state index contributed by atoms with van der Waals surface area (Å²) in [5.74, 6) is 1.51. The largest absolute Gasteiger partial charge is 0.496 e. The fourth-order valence-electron chi connectivity index (χ4n) is 2.54. The Hall–Kier alpha value is -1.06. The number of methoxy groups -OCH3 is 1. The molecule has 2 unspecified atom stereocenters. The van der Waals surface area contributed by atoms with E-state index in [-0.39, 0.29) is 0 Å². The minimum Gasteiger partial charge on any atom is -0.496 e. The first kappa shape index (κ1) is 12.4. The Morgan fingerprint density at radius 2 is 2.29 bits per heavy atom. The number of benzene rings is 1. The topological polar surface area (TPSA) is 30.5 Å². The molecule has 1 heterocycles. The van der Waals surface area contributed by atoms with E-state index < -0.39 is 0 Å². The summed E-state index contributed by atoms with van der Waals surface area (Å²) < 4.78 is 11.0. The standard InChI is InChI=1S/C14H21NO2/c1-10-4-5-12(13(8-10)16-3)14(15-2)11-6-7-17-9-11/h4-5,8,11,14-15H,6-7,9H2,1-3H3. The number of rotatable bonds is 4. The molecular formula is C14H21NO2. The quantitative estimate of drug-likeness (QED) is 0.868. The van der Waals surface area contributed by atoms with Crippen molar-refractivity contribution in [3.8, 4) is 5.75 Å². The highest BCUT2D eigenvalue weighted by atomic mass is 16.5. The third-order valence-corrected chi connectivity index (χ3v) is 3.47. The van der Waals surface area contributed by atoms with Crippen molar-refractivity contribution in [2.24, 2.45) is 5.92 Å². The molecule has 17 heavy (non-hydrogen) atoms. The smallest absolute Gasteiger partial charge is 0.123 e. The van der Waals surface area contributed by atoms with E-state index in [0.717, 1.165) is 25.4 Å². The molecule has 1 saturated heterocycles. The first-order valence-corrected chi connectivity index (χ1v) is 6.15. The average Bonchev–Trinajstić information content (AvgIpc) is 2.85. The molecule has 0 bridgehead atoms. The molecule has 0 amide bonds. The maximum absolute atomic E-state index is 5.49. The third kappa shape index (κ3) is 2.61. The second-order valence-electron chi connectivity index (χ2n) is 4.64. The summed E-state index contributed by atoms with van der Waals surface area (Å²) in [6, 6.07) is 6.70. The van der Waals surface area contributed by atoms with Gasteiger partial charge in [0.25, 0.3) is 0 Å². The van der Waals surface area contributed by atoms with Gasteiger partial charge in [0.15, 0.2) is 0 Å². The molecule has 1 N–H and O–H groups in total. The Balaban J connectivity index is 2.29. The van der Waals surface area contributed by atoms with Crippen LogP contribution >= 0.6 is 0 Å². The van der Waals surface area contributed by atoms with Gasteiger partial charge in [0.2, 0.25) is 0 Å². The SMILES string of the molecule is CNC(c1ccc(C)cc1OC)C1CCOC1. The molecule has 0 aliphatic carbocycles. The predicted molar refractivity (Wildman–Crippen MR) is 68.5 cm³/mol. The average molecular weight is 235 g/mol. The van der Waals surface area contributed by atoms with Crippen molar-refractivity contribution < 1.29 is 9.47 Å². The van der Waals surface area contributed by atoms with Crippen LogP contribution in [0.4, 0.5) is 0 Å². The van der Waals surface area contributed by atoms with Gasteiger partial charge in [-0.2, -0.15) is 0 Å². The van der Waals surface area contributed by atoms with Gasteiger partial charge in [-0.05, 0) is 32.0 Å². The Labute approximate surface area is 103 Å². The van der Waals surface area contributed by atoms with E-state index in [2.05, 4.69) is 30.4 Å². The van der Waals surface area contributed by atoms with Crippen molar-refractivity contribution in [1.29, 1.82) is 0 Å². The van der Waals surface area contributed by atoms with Gasteiger partial charge in [-0.3, -0.25) is 0 Å².